The standard InChI is InChI=1S/C17H30N2O2S/c1-18(2)8-5-15-6-9-19(10-7-15)12-16(20)13-21-14-17-4-3-11-22-17/h3-4,11,15-16,20H,5-10,12-14H2,1-2H3. The van der Waals surface area contributed by atoms with Gasteiger partial charge in [0.2, 0.25) is 0 Å². The number of ether oxygens (including phenoxy) is 1. The van der Waals surface area contributed by atoms with Crippen molar-refractivity contribution in [3.05, 3.63) is 22.4 Å². The van der Waals surface area contributed by atoms with Gasteiger partial charge in [0.1, 0.15) is 0 Å². The van der Waals surface area contributed by atoms with Crippen LogP contribution < -0.4 is 0 Å². The molecular formula is C17H30N2O2S. The van der Waals surface area contributed by atoms with Crippen molar-refractivity contribution in [2.24, 2.45) is 5.92 Å². The molecule has 0 bridgehead atoms. The Balaban J connectivity index is 1.55. The molecule has 0 aliphatic carbocycles. The zero-order valence-corrected chi connectivity index (χ0v) is 14.7. The second-order valence-electron chi connectivity index (χ2n) is 6.58. The zero-order valence-electron chi connectivity index (χ0n) is 13.9. The average Bonchev–Trinajstić information content (AvgIpc) is 3.00. The van der Waals surface area contributed by atoms with Gasteiger partial charge in [0, 0.05) is 11.4 Å². The quantitative estimate of drug-likeness (QED) is 0.755. The van der Waals surface area contributed by atoms with Crippen LogP contribution in [0.3, 0.4) is 0 Å². The Morgan fingerprint density at radius 2 is 2.18 bits per heavy atom. The molecule has 0 aromatic carbocycles. The van der Waals surface area contributed by atoms with E-state index in [1.165, 1.54) is 30.7 Å². The molecular weight excluding hydrogens is 296 g/mol. The molecule has 22 heavy (non-hydrogen) atoms. The zero-order chi connectivity index (χ0) is 15.8. The minimum atomic E-state index is -0.377. The Morgan fingerprint density at radius 1 is 1.41 bits per heavy atom. The highest BCUT2D eigenvalue weighted by atomic mass is 32.1. The summed E-state index contributed by atoms with van der Waals surface area (Å²) in [6, 6.07) is 4.09. The van der Waals surface area contributed by atoms with Gasteiger partial charge < -0.3 is 19.6 Å². The Bertz CT molecular complexity index is 389. The van der Waals surface area contributed by atoms with Gasteiger partial charge in [0.15, 0.2) is 0 Å². The Morgan fingerprint density at radius 3 is 2.82 bits per heavy atom. The van der Waals surface area contributed by atoms with Gasteiger partial charge in [-0.05, 0) is 70.4 Å². The molecule has 4 nitrogen and oxygen atoms in total. The largest absolute Gasteiger partial charge is 0.389 e. The summed E-state index contributed by atoms with van der Waals surface area (Å²) >= 11 is 1.70. The van der Waals surface area contributed by atoms with E-state index in [0.29, 0.717) is 13.2 Å². The maximum atomic E-state index is 10.1. The molecule has 1 saturated heterocycles. The molecule has 1 atom stereocenters. The van der Waals surface area contributed by atoms with E-state index in [1.54, 1.807) is 11.3 Å². The number of thiophene rings is 1. The lowest BCUT2D eigenvalue weighted by molar-refractivity contribution is 0.00482. The molecule has 1 unspecified atom stereocenters. The third-order valence-corrected chi connectivity index (χ3v) is 5.15. The van der Waals surface area contributed by atoms with Crippen molar-refractivity contribution in [3.63, 3.8) is 0 Å². The lowest BCUT2D eigenvalue weighted by Crippen LogP contribution is -2.40. The van der Waals surface area contributed by atoms with Crippen LogP contribution in [0.2, 0.25) is 0 Å². The van der Waals surface area contributed by atoms with E-state index in [-0.39, 0.29) is 6.10 Å². The van der Waals surface area contributed by atoms with E-state index >= 15 is 0 Å². The SMILES string of the molecule is CN(C)CCC1CCN(CC(O)COCc2cccs2)CC1. The van der Waals surface area contributed by atoms with Crippen molar-refractivity contribution < 1.29 is 9.84 Å². The van der Waals surface area contributed by atoms with Gasteiger partial charge in [-0.1, -0.05) is 6.07 Å². The van der Waals surface area contributed by atoms with E-state index in [9.17, 15) is 5.11 Å². The van der Waals surface area contributed by atoms with E-state index in [2.05, 4.69) is 35.3 Å². The van der Waals surface area contributed by atoms with E-state index in [4.69, 9.17) is 4.74 Å². The molecule has 2 heterocycles. The number of hydrogen-bond donors (Lipinski definition) is 1. The number of nitrogens with zero attached hydrogens (tertiary/aromatic N) is 2. The molecule has 1 aliphatic rings. The van der Waals surface area contributed by atoms with Crippen LogP contribution in [-0.4, -0.2) is 67.9 Å². The smallest absolute Gasteiger partial charge is 0.0900 e. The fourth-order valence-electron chi connectivity index (χ4n) is 2.94. The second kappa shape index (κ2) is 9.63. The van der Waals surface area contributed by atoms with Crippen molar-refractivity contribution in [1.82, 2.24) is 9.80 Å². The van der Waals surface area contributed by atoms with Crippen LogP contribution in [0.1, 0.15) is 24.1 Å². The van der Waals surface area contributed by atoms with Gasteiger partial charge in [-0.25, -0.2) is 0 Å². The van der Waals surface area contributed by atoms with Crippen molar-refractivity contribution in [2.75, 3.05) is 46.9 Å². The van der Waals surface area contributed by atoms with Crippen LogP contribution in [0.25, 0.3) is 0 Å². The highest BCUT2D eigenvalue weighted by Gasteiger charge is 2.21. The first kappa shape index (κ1) is 17.9. The third kappa shape index (κ3) is 6.75. The Hall–Kier alpha value is -0.460. The highest BCUT2D eigenvalue weighted by Crippen LogP contribution is 2.20. The number of aliphatic hydroxyl groups excluding tert-OH is 1. The number of aliphatic hydroxyl groups is 1. The maximum absolute atomic E-state index is 10.1. The summed E-state index contributed by atoms with van der Waals surface area (Å²) in [6.45, 7) is 5.19. The van der Waals surface area contributed by atoms with Gasteiger partial charge in [-0.3, -0.25) is 0 Å². The van der Waals surface area contributed by atoms with Crippen molar-refractivity contribution in [2.45, 2.75) is 32.0 Å². The number of rotatable bonds is 9. The normalized spacial score (nSPS) is 18.9. The van der Waals surface area contributed by atoms with Crippen LogP contribution in [0, 0.1) is 5.92 Å². The summed E-state index contributed by atoms with van der Waals surface area (Å²) in [6.07, 6.45) is 3.44. The molecule has 2 rings (SSSR count). The first-order chi connectivity index (χ1) is 10.6. The highest BCUT2D eigenvalue weighted by molar-refractivity contribution is 7.09. The van der Waals surface area contributed by atoms with Gasteiger partial charge in [0.25, 0.3) is 0 Å². The van der Waals surface area contributed by atoms with Crippen molar-refractivity contribution in [1.29, 1.82) is 0 Å². The van der Waals surface area contributed by atoms with Crippen LogP contribution in [0.5, 0.6) is 0 Å². The molecule has 1 aliphatic heterocycles. The summed E-state index contributed by atoms with van der Waals surface area (Å²) in [4.78, 5) is 5.86. The van der Waals surface area contributed by atoms with Gasteiger partial charge in [-0.2, -0.15) is 0 Å². The Kier molecular flexibility index (Phi) is 7.83. The van der Waals surface area contributed by atoms with E-state index in [0.717, 1.165) is 25.6 Å². The Labute approximate surface area is 138 Å². The van der Waals surface area contributed by atoms with Crippen molar-refractivity contribution >= 4 is 11.3 Å². The van der Waals surface area contributed by atoms with Crippen LogP contribution >= 0.6 is 11.3 Å². The predicted octanol–water partition coefficient (Wildman–Crippen LogP) is 2.29. The summed E-state index contributed by atoms with van der Waals surface area (Å²) in [7, 11) is 4.28. The first-order valence-corrected chi connectivity index (χ1v) is 9.16. The maximum Gasteiger partial charge on any atom is 0.0900 e. The first-order valence-electron chi connectivity index (χ1n) is 8.28. The van der Waals surface area contributed by atoms with Crippen LogP contribution in [-0.2, 0) is 11.3 Å². The minimum absolute atomic E-state index is 0.377. The fourth-order valence-corrected chi connectivity index (χ4v) is 3.58. The molecule has 1 aromatic rings. The minimum Gasteiger partial charge on any atom is -0.389 e. The molecule has 5 heteroatoms. The molecule has 0 spiro atoms. The van der Waals surface area contributed by atoms with Crippen LogP contribution in [0.4, 0.5) is 0 Å². The lowest BCUT2D eigenvalue weighted by atomic mass is 9.93. The number of β-amino-alcohol motifs (C(OH)–C–C–N with tert-alkyl or cyclic N) is 1. The monoisotopic (exact) mass is 326 g/mol. The van der Waals surface area contributed by atoms with Gasteiger partial charge >= 0.3 is 0 Å². The second-order valence-corrected chi connectivity index (χ2v) is 7.62. The fraction of sp³-hybridized carbons (Fsp3) is 0.765. The summed E-state index contributed by atoms with van der Waals surface area (Å²) in [5.74, 6) is 0.853. The molecule has 0 saturated carbocycles. The molecule has 1 N–H and O–H groups in total. The van der Waals surface area contributed by atoms with Gasteiger partial charge in [-0.15, -0.1) is 11.3 Å². The average molecular weight is 327 g/mol. The molecule has 126 valence electrons. The topological polar surface area (TPSA) is 35.9 Å². The van der Waals surface area contributed by atoms with Crippen molar-refractivity contribution in [3.8, 4) is 0 Å². The van der Waals surface area contributed by atoms with Gasteiger partial charge in [0.05, 0.1) is 19.3 Å². The van der Waals surface area contributed by atoms with E-state index < -0.39 is 0 Å². The summed E-state index contributed by atoms with van der Waals surface area (Å²) in [5.41, 5.74) is 0. The summed E-state index contributed by atoms with van der Waals surface area (Å²) < 4.78 is 5.60. The lowest BCUT2D eigenvalue weighted by Gasteiger charge is -2.33. The predicted molar refractivity (Wildman–Crippen MR) is 92.3 cm³/mol. The number of piperidine rings is 1. The molecule has 0 radical (unpaired) electrons. The van der Waals surface area contributed by atoms with E-state index in [1.807, 2.05) is 6.07 Å². The molecule has 1 aromatic heterocycles. The molecule has 0 amide bonds. The number of likely N-dealkylation sites (tertiary alicyclic amines) is 1. The number of hydrogen-bond acceptors (Lipinski definition) is 5. The molecule has 1 fully saturated rings. The van der Waals surface area contributed by atoms with Crippen LogP contribution in [0.15, 0.2) is 17.5 Å². The third-order valence-electron chi connectivity index (χ3n) is 4.30. The summed E-state index contributed by atoms with van der Waals surface area (Å²) in [5, 5.41) is 12.2.